The van der Waals surface area contributed by atoms with E-state index in [2.05, 4.69) is 0 Å². The Kier molecular flexibility index (Phi) is 5.89. The van der Waals surface area contributed by atoms with Crippen molar-refractivity contribution < 1.29 is 13.9 Å². The van der Waals surface area contributed by atoms with Crippen LogP contribution in [0.4, 0.5) is 0 Å². The summed E-state index contributed by atoms with van der Waals surface area (Å²) >= 11 is 11.9. The van der Waals surface area contributed by atoms with Crippen molar-refractivity contribution in [1.82, 2.24) is 4.90 Å². The molecule has 3 rings (SSSR count). The summed E-state index contributed by atoms with van der Waals surface area (Å²) in [6, 6.07) is 8.40. The van der Waals surface area contributed by atoms with Crippen molar-refractivity contribution in [3.05, 3.63) is 62.1 Å². The van der Waals surface area contributed by atoms with Crippen molar-refractivity contribution in [3.63, 3.8) is 0 Å². The maximum Gasteiger partial charge on any atom is 0.339 e. The van der Waals surface area contributed by atoms with Crippen molar-refractivity contribution in [2.45, 2.75) is 32.3 Å². The molecule has 0 radical (unpaired) electrons. The highest BCUT2D eigenvalue weighted by atomic mass is 35.5. The molecule has 2 heterocycles. The van der Waals surface area contributed by atoms with Gasteiger partial charge in [-0.1, -0.05) is 29.3 Å². The number of likely N-dealkylation sites (tertiary alicyclic amines) is 1. The number of halogens is 2. The molecular formula is C19H19Cl2NO4. The highest BCUT2D eigenvalue weighted by Gasteiger charge is 2.27. The number of benzene rings is 1. The molecule has 0 N–H and O–H groups in total. The van der Waals surface area contributed by atoms with Gasteiger partial charge >= 0.3 is 5.63 Å². The van der Waals surface area contributed by atoms with Crippen LogP contribution < -0.4 is 10.4 Å². The number of aryl methyl sites for hydroxylation is 2. The van der Waals surface area contributed by atoms with E-state index in [4.69, 9.17) is 32.4 Å². The summed E-state index contributed by atoms with van der Waals surface area (Å²) in [6.07, 6.45) is 1.62. The van der Waals surface area contributed by atoms with Gasteiger partial charge in [0.05, 0.1) is 22.7 Å². The zero-order valence-electron chi connectivity index (χ0n) is 14.3. The van der Waals surface area contributed by atoms with E-state index in [0.717, 1.165) is 12.0 Å². The molecule has 0 spiro atoms. The average molecular weight is 396 g/mol. The number of hydrogen-bond acceptors (Lipinski definition) is 4. The molecule has 7 heteroatoms. The fourth-order valence-corrected chi connectivity index (χ4v) is 3.31. The second kappa shape index (κ2) is 8.14. The van der Waals surface area contributed by atoms with Crippen LogP contribution in [0.2, 0.25) is 10.0 Å². The monoisotopic (exact) mass is 395 g/mol. The van der Waals surface area contributed by atoms with E-state index >= 15 is 0 Å². The van der Waals surface area contributed by atoms with Crippen LogP contribution in [0.5, 0.6) is 5.75 Å². The molecule has 0 saturated carbocycles. The van der Waals surface area contributed by atoms with Gasteiger partial charge in [0.25, 0.3) is 0 Å². The fourth-order valence-electron chi connectivity index (χ4n) is 2.99. The number of carbonyl (C=O) groups is 1. The minimum absolute atomic E-state index is 0.0749. The Labute approximate surface area is 161 Å². The van der Waals surface area contributed by atoms with E-state index in [1.54, 1.807) is 30.0 Å². The summed E-state index contributed by atoms with van der Waals surface area (Å²) in [7, 11) is 0. The van der Waals surface area contributed by atoms with E-state index in [9.17, 15) is 9.59 Å². The van der Waals surface area contributed by atoms with E-state index < -0.39 is 5.63 Å². The van der Waals surface area contributed by atoms with Crippen LogP contribution in [0.15, 0.2) is 39.5 Å². The molecule has 1 atom stereocenters. The standard InChI is InChI=1S/C19H19Cl2NO4/c1-12-8-15(10-19(24)25-12)26-14-6-7-22(11-14)18(23)5-3-13-2-4-16(20)17(21)9-13/h2,4,8-10,14H,3,5-7,11H2,1H3/t14-/m0/s1. The van der Waals surface area contributed by atoms with Crippen LogP contribution in [-0.2, 0) is 11.2 Å². The van der Waals surface area contributed by atoms with Crippen molar-refractivity contribution in [1.29, 1.82) is 0 Å². The SMILES string of the molecule is Cc1cc(O[C@H]2CCN(C(=O)CCc3ccc(Cl)c(Cl)c3)C2)cc(=O)o1. The summed E-state index contributed by atoms with van der Waals surface area (Å²) in [5.41, 5.74) is 0.541. The third-order valence-corrected chi connectivity index (χ3v) is 5.02. The molecule has 0 bridgehead atoms. The zero-order chi connectivity index (χ0) is 18.7. The average Bonchev–Trinajstić information content (AvgIpc) is 3.03. The smallest absolute Gasteiger partial charge is 0.339 e. The van der Waals surface area contributed by atoms with E-state index in [0.29, 0.717) is 47.5 Å². The Hall–Kier alpha value is -1.98. The molecular weight excluding hydrogens is 377 g/mol. The van der Waals surface area contributed by atoms with Crippen molar-refractivity contribution >= 4 is 29.1 Å². The van der Waals surface area contributed by atoms with Crippen molar-refractivity contribution in [2.24, 2.45) is 0 Å². The molecule has 1 aromatic carbocycles. The summed E-state index contributed by atoms with van der Waals surface area (Å²) in [4.78, 5) is 25.6. The lowest BCUT2D eigenvalue weighted by Crippen LogP contribution is -2.31. The Balaban J connectivity index is 1.52. The second-order valence-electron chi connectivity index (χ2n) is 6.34. The van der Waals surface area contributed by atoms with Gasteiger partial charge in [-0.05, 0) is 31.0 Å². The minimum Gasteiger partial charge on any atom is -0.488 e. The van der Waals surface area contributed by atoms with Crippen LogP contribution in [0.25, 0.3) is 0 Å². The maximum atomic E-state index is 12.4. The van der Waals surface area contributed by atoms with E-state index in [1.165, 1.54) is 6.07 Å². The van der Waals surface area contributed by atoms with Crippen molar-refractivity contribution in [3.8, 4) is 5.75 Å². The summed E-state index contributed by atoms with van der Waals surface area (Å²) in [5, 5.41) is 1.00. The summed E-state index contributed by atoms with van der Waals surface area (Å²) in [5.74, 6) is 1.06. The first kappa shape index (κ1) is 18.8. The predicted octanol–water partition coefficient (Wildman–Crippen LogP) is 3.87. The molecule has 1 saturated heterocycles. The van der Waals surface area contributed by atoms with Gasteiger partial charge in [-0.25, -0.2) is 4.79 Å². The zero-order valence-corrected chi connectivity index (χ0v) is 15.8. The van der Waals surface area contributed by atoms with Crippen molar-refractivity contribution in [2.75, 3.05) is 13.1 Å². The van der Waals surface area contributed by atoms with Gasteiger partial charge in [-0.3, -0.25) is 4.79 Å². The largest absolute Gasteiger partial charge is 0.488 e. The minimum atomic E-state index is -0.437. The molecule has 0 aliphatic carbocycles. The highest BCUT2D eigenvalue weighted by molar-refractivity contribution is 6.42. The van der Waals surface area contributed by atoms with E-state index in [1.807, 2.05) is 6.07 Å². The quantitative estimate of drug-likeness (QED) is 0.770. The molecule has 2 aromatic rings. The van der Waals surface area contributed by atoms with Gasteiger partial charge in [0, 0.05) is 25.5 Å². The molecule has 5 nitrogen and oxygen atoms in total. The Morgan fingerprint density at radius 1 is 1.27 bits per heavy atom. The summed E-state index contributed by atoms with van der Waals surface area (Å²) < 4.78 is 10.7. The Morgan fingerprint density at radius 2 is 2.08 bits per heavy atom. The van der Waals surface area contributed by atoms with Crippen LogP contribution in [0.1, 0.15) is 24.2 Å². The third kappa shape index (κ3) is 4.80. The Morgan fingerprint density at radius 3 is 2.81 bits per heavy atom. The highest BCUT2D eigenvalue weighted by Crippen LogP contribution is 2.24. The first-order valence-electron chi connectivity index (χ1n) is 8.41. The Bertz CT molecular complexity index is 865. The number of ether oxygens (including phenoxy) is 1. The normalized spacial score (nSPS) is 16.7. The van der Waals surface area contributed by atoms with Crippen LogP contribution in [0, 0.1) is 6.92 Å². The first-order valence-corrected chi connectivity index (χ1v) is 9.16. The number of nitrogens with zero attached hydrogens (tertiary/aromatic N) is 1. The maximum absolute atomic E-state index is 12.4. The molecule has 1 fully saturated rings. The lowest BCUT2D eigenvalue weighted by molar-refractivity contribution is -0.130. The van der Waals surface area contributed by atoms with Gasteiger partial charge in [0.2, 0.25) is 5.91 Å². The second-order valence-corrected chi connectivity index (χ2v) is 7.15. The number of hydrogen-bond donors (Lipinski definition) is 0. The molecule has 1 amide bonds. The van der Waals surface area contributed by atoms with Crippen LogP contribution in [-0.4, -0.2) is 30.0 Å². The molecule has 1 aliphatic heterocycles. The van der Waals surface area contributed by atoms with Crippen LogP contribution >= 0.6 is 23.2 Å². The van der Waals surface area contributed by atoms with Crippen LogP contribution in [0.3, 0.4) is 0 Å². The number of carbonyl (C=O) groups excluding carboxylic acids is 1. The van der Waals surface area contributed by atoms with Gasteiger partial charge in [-0.15, -0.1) is 0 Å². The lowest BCUT2D eigenvalue weighted by Gasteiger charge is -2.17. The molecule has 138 valence electrons. The topological polar surface area (TPSA) is 59.8 Å². The fraction of sp³-hybridized carbons (Fsp3) is 0.368. The van der Waals surface area contributed by atoms with Gasteiger partial charge in [-0.2, -0.15) is 0 Å². The molecule has 26 heavy (non-hydrogen) atoms. The van der Waals surface area contributed by atoms with Gasteiger partial charge in [0.15, 0.2) is 0 Å². The third-order valence-electron chi connectivity index (χ3n) is 4.28. The predicted molar refractivity (Wildman–Crippen MR) is 100 cm³/mol. The van der Waals surface area contributed by atoms with Gasteiger partial charge < -0.3 is 14.1 Å². The number of amides is 1. The first-order chi connectivity index (χ1) is 12.4. The number of rotatable bonds is 5. The molecule has 1 aromatic heterocycles. The molecule has 0 unspecified atom stereocenters. The lowest BCUT2D eigenvalue weighted by atomic mass is 10.1. The summed E-state index contributed by atoms with van der Waals surface area (Å²) in [6.45, 7) is 2.85. The van der Waals surface area contributed by atoms with Gasteiger partial charge in [0.1, 0.15) is 17.6 Å². The molecule has 1 aliphatic rings. The van der Waals surface area contributed by atoms with E-state index in [-0.39, 0.29) is 12.0 Å².